The van der Waals surface area contributed by atoms with Crippen molar-refractivity contribution in [3.63, 3.8) is 0 Å². The van der Waals surface area contributed by atoms with Crippen molar-refractivity contribution in [2.24, 2.45) is 0 Å². The Kier molecular flexibility index (Phi) is 6.21. The van der Waals surface area contributed by atoms with Gasteiger partial charge in [0.15, 0.2) is 0 Å². The average Bonchev–Trinajstić information content (AvgIpc) is 2.56. The topological polar surface area (TPSA) is 75.7 Å². The minimum atomic E-state index is -3.86. The van der Waals surface area contributed by atoms with Crippen LogP contribution in [0.2, 0.25) is 0 Å². The molecule has 2 aromatic rings. The summed E-state index contributed by atoms with van der Waals surface area (Å²) in [5.41, 5.74) is 1.37. The zero-order valence-electron chi connectivity index (χ0n) is 14.1. The summed E-state index contributed by atoms with van der Waals surface area (Å²) in [7, 11) is -1.09. The lowest BCUT2D eigenvalue weighted by Gasteiger charge is -2.19. The summed E-state index contributed by atoms with van der Waals surface area (Å²) in [6.07, 6.45) is 0. The predicted molar refractivity (Wildman–Crippen MR) is 100 cm³/mol. The van der Waals surface area contributed by atoms with Crippen LogP contribution in [-0.4, -0.2) is 39.3 Å². The third kappa shape index (κ3) is 4.81. The molecule has 0 aliphatic carbocycles. The summed E-state index contributed by atoms with van der Waals surface area (Å²) in [6, 6.07) is 11.9. The number of sulfonamides is 1. The molecule has 2 rings (SSSR count). The van der Waals surface area contributed by atoms with E-state index in [2.05, 4.69) is 21.2 Å². The summed E-state index contributed by atoms with van der Waals surface area (Å²) in [6.45, 7) is 1.48. The summed E-state index contributed by atoms with van der Waals surface area (Å²) < 4.78 is 32.5. The van der Waals surface area contributed by atoms with Crippen LogP contribution in [0.25, 0.3) is 0 Å². The number of benzene rings is 2. The van der Waals surface area contributed by atoms with Crippen LogP contribution in [-0.2, 0) is 14.8 Å². The number of amides is 1. The molecule has 0 fully saturated rings. The molecular weight excluding hydrogens is 408 g/mol. The lowest BCUT2D eigenvalue weighted by molar-refractivity contribution is -0.116. The van der Waals surface area contributed by atoms with Crippen LogP contribution in [0, 0.1) is 6.92 Å². The number of hydrogen-bond donors (Lipinski definition) is 1. The predicted octanol–water partition coefficient (Wildman–Crippen LogP) is 3.03. The van der Waals surface area contributed by atoms with Crippen molar-refractivity contribution in [1.29, 1.82) is 0 Å². The zero-order chi connectivity index (χ0) is 18.6. The summed E-state index contributed by atoms with van der Waals surface area (Å²) in [4.78, 5) is 12.2. The van der Waals surface area contributed by atoms with Crippen LogP contribution in [0.1, 0.15) is 5.56 Å². The van der Waals surface area contributed by atoms with E-state index in [9.17, 15) is 13.2 Å². The molecule has 2 aromatic carbocycles. The van der Waals surface area contributed by atoms with Gasteiger partial charge >= 0.3 is 0 Å². The smallest absolute Gasteiger partial charge is 0.246 e. The van der Waals surface area contributed by atoms with Gasteiger partial charge in [-0.25, -0.2) is 8.42 Å². The first-order chi connectivity index (χ1) is 11.7. The van der Waals surface area contributed by atoms with Gasteiger partial charge in [-0.05, 0) is 48.9 Å². The number of nitrogens with one attached hydrogen (secondary N) is 1. The number of rotatable bonds is 6. The fourth-order valence-electron chi connectivity index (χ4n) is 2.17. The van der Waals surface area contributed by atoms with E-state index in [-0.39, 0.29) is 17.2 Å². The monoisotopic (exact) mass is 426 g/mol. The second-order valence-corrected chi connectivity index (χ2v) is 8.40. The molecule has 0 aliphatic rings. The van der Waals surface area contributed by atoms with Gasteiger partial charge in [-0.2, -0.15) is 4.31 Å². The normalized spacial score (nSPS) is 11.4. The van der Waals surface area contributed by atoms with Gasteiger partial charge in [0.05, 0.1) is 13.7 Å². The summed E-state index contributed by atoms with van der Waals surface area (Å²) in [5.74, 6) is -0.189. The van der Waals surface area contributed by atoms with Crippen molar-refractivity contribution in [1.82, 2.24) is 4.31 Å². The molecule has 8 heteroatoms. The maximum atomic E-state index is 12.8. The number of hydrogen-bond acceptors (Lipinski definition) is 4. The number of carbonyl (C=O) groups is 1. The van der Waals surface area contributed by atoms with Gasteiger partial charge in [0.25, 0.3) is 0 Å². The quantitative estimate of drug-likeness (QED) is 0.769. The van der Waals surface area contributed by atoms with Gasteiger partial charge in [0.2, 0.25) is 15.9 Å². The molecule has 0 atom stereocenters. The van der Waals surface area contributed by atoms with E-state index in [1.165, 1.54) is 20.2 Å². The minimum Gasteiger partial charge on any atom is -0.495 e. The SMILES string of the molecule is COc1ccc(C)cc1S(=O)(=O)N(C)CC(=O)Nc1ccc(Br)cc1. The number of likely N-dealkylation sites (N-methyl/N-ethyl adjacent to an activating group) is 1. The molecule has 6 nitrogen and oxygen atoms in total. The summed E-state index contributed by atoms with van der Waals surface area (Å²) >= 11 is 3.31. The Morgan fingerprint density at radius 1 is 1.20 bits per heavy atom. The Morgan fingerprint density at radius 3 is 2.44 bits per heavy atom. The van der Waals surface area contributed by atoms with E-state index in [0.29, 0.717) is 5.69 Å². The first-order valence-corrected chi connectivity index (χ1v) is 9.63. The van der Waals surface area contributed by atoms with E-state index < -0.39 is 15.9 Å². The number of anilines is 1. The van der Waals surface area contributed by atoms with Crippen LogP contribution in [0.15, 0.2) is 51.8 Å². The Balaban J connectivity index is 2.16. The van der Waals surface area contributed by atoms with E-state index >= 15 is 0 Å². The summed E-state index contributed by atoms with van der Waals surface area (Å²) in [5, 5.41) is 2.67. The molecule has 0 heterocycles. The van der Waals surface area contributed by atoms with E-state index in [1.807, 2.05) is 0 Å². The Morgan fingerprint density at radius 2 is 1.84 bits per heavy atom. The van der Waals surface area contributed by atoms with Crippen molar-refractivity contribution >= 4 is 37.5 Å². The van der Waals surface area contributed by atoms with Crippen LogP contribution < -0.4 is 10.1 Å². The molecule has 0 saturated heterocycles. The molecule has 134 valence electrons. The number of ether oxygens (including phenoxy) is 1. The van der Waals surface area contributed by atoms with Crippen molar-refractivity contribution in [2.75, 3.05) is 26.0 Å². The highest BCUT2D eigenvalue weighted by molar-refractivity contribution is 9.10. The third-order valence-corrected chi connectivity index (χ3v) is 5.85. The molecule has 25 heavy (non-hydrogen) atoms. The van der Waals surface area contributed by atoms with Crippen LogP contribution >= 0.6 is 15.9 Å². The molecule has 0 unspecified atom stereocenters. The van der Waals surface area contributed by atoms with Crippen LogP contribution in [0.5, 0.6) is 5.75 Å². The molecule has 1 N–H and O–H groups in total. The molecule has 0 aromatic heterocycles. The first kappa shape index (κ1) is 19.4. The minimum absolute atomic E-state index is 0.0361. The molecule has 0 bridgehead atoms. The Bertz CT molecular complexity index is 867. The highest BCUT2D eigenvalue weighted by Crippen LogP contribution is 2.27. The maximum Gasteiger partial charge on any atom is 0.246 e. The van der Waals surface area contributed by atoms with E-state index in [0.717, 1.165) is 14.3 Å². The van der Waals surface area contributed by atoms with Gasteiger partial charge in [-0.1, -0.05) is 22.0 Å². The fourth-order valence-corrected chi connectivity index (χ4v) is 3.80. The van der Waals surface area contributed by atoms with E-state index in [4.69, 9.17) is 4.74 Å². The maximum absolute atomic E-state index is 12.8. The second kappa shape index (κ2) is 7.99. The zero-order valence-corrected chi connectivity index (χ0v) is 16.5. The number of aryl methyl sites for hydroxylation is 1. The van der Waals surface area contributed by atoms with E-state index in [1.54, 1.807) is 43.3 Å². The van der Waals surface area contributed by atoms with Crippen molar-refractivity contribution < 1.29 is 17.9 Å². The average molecular weight is 427 g/mol. The molecular formula is C17H19BrN2O4S. The molecule has 1 amide bonds. The molecule has 0 saturated carbocycles. The molecule has 0 spiro atoms. The number of nitrogens with zero attached hydrogens (tertiary/aromatic N) is 1. The van der Waals surface area contributed by atoms with Crippen molar-refractivity contribution in [3.05, 3.63) is 52.5 Å². The van der Waals surface area contributed by atoms with Crippen molar-refractivity contribution in [2.45, 2.75) is 11.8 Å². The van der Waals surface area contributed by atoms with Crippen LogP contribution in [0.3, 0.4) is 0 Å². The standard InChI is InChI=1S/C17H19BrN2O4S/c1-12-4-9-15(24-3)16(10-12)25(22,23)20(2)11-17(21)19-14-7-5-13(18)6-8-14/h4-10H,11H2,1-3H3,(H,19,21). The van der Waals surface area contributed by atoms with Gasteiger partial charge in [-0.15, -0.1) is 0 Å². The van der Waals surface area contributed by atoms with Gasteiger partial charge in [0.1, 0.15) is 10.6 Å². The largest absolute Gasteiger partial charge is 0.495 e. The van der Waals surface area contributed by atoms with Crippen molar-refractivity contribution in [3.8, 4) is 5.75 Å². The Hall–Kier alpha value is -1.90. The number of carbonyl (C=O) groups excluding carboxylic acids is 1. The lowest BCUT2D eigenvalue weighted by atomic mass is 10.2. The third-order valence-electron chi connectivity index (χ3n) is 3.50. The lowest BCUT2D eigenvalue weighted by Crippen LogP contribution is -2.35. The number of halogens is 1. The molecule has 0 radical (unpaired) electrons. The highest BCUT2D eigenvalue weighted by Gasteiger charge is 2.26. The molecule has 0 aliphatic heterocycles. The van der Waals surface area contributed by atoms with Crippen LogP contribution in [0.4, 0.5) is 5.69 Å². The number of methoxy groups -OCH3 is 1. The van der Waals surface area contributed by atoms with Gasteiger partial charge in [0, 0.05) is 17.2 Å². The van der Waals surface area contributed by atoms with Gasteiger partial charge < -0.3 is 10.1 Å². The first-order valence-electron chi connectivity index (χ1n) is 7.40. The Labute approximate surface area is 156 Å². The fraction of sp³-hybridized carbons (Fsp3) is 0.235. The van der Waals surface area contributed by atoms with Gasteiger partial charge in [-0.3, -0.25) is 4.79 Å². The second-order valence-electron chi connectivity index (χ2n) is 5.47. The highest BCUT2D eigenvalue weighted by atomic mass is 79.9.